The number of amides is 3. The molecule has 1 atom stereocenters. The average Bonchev–Trinajstić information content (AvgIpc) is 3.19. The maximum atomic E-state index is 12.5. The van der Waals surface area contributed by atoms with E-state index in [-0.39, 0.29) is 17.2 Å². The van der Waals surface area contributed by atoms with Crippen molar-refractivity contribution in [3.8, 4) is 0 Å². The van der Waals surface area contributed by atoms with Crippen molar-refractivity contribution in [1.29, 1.82) is 0 Å². The molecule has 1 saturated heterocycles. The van der Waals surface area contributed by atoms with E-state index in [4.69, 9.17) is 4.74 Å². The van der Waals surface area contributed by atoms with Gasteiger partial charge in [0.2, 0.25) is 0 Å². The first-order chi connectivity index (χ1) is 13.3. The van der Waals surface area contributed by atoms with Crippen LogP contribution in [-0.2, 0) is 9.53 Å². The monoisotopic (exact) mass is 454 g/mol. The topological polar surface area (TPSA) is 101 Å². The van der Waals surface area contributed by atoms with Gasteiger partial charge < -0.3 is 20.3 Å². The summed E-state index contributed by atoms with van der Waals surface area (Å²) in [6.07, 6.45) is -3.50. The second kappa shape index (κ2) is 8.78. The quantitative estimate of drug-likeness (QED) is 0.678. The minimum Gasteiger partial charge on any atom is -0.444 e. The Balaban J connectivity index is 2.05. The fraction of sp³-hybridized carbons (Fsp3) is 0.625. The number of thioether (sulfide) groups is 1. The van der Waals surface area contributed by atoms with Crippen LogP contribution in [0.4, 0.5) is 23.0 Å². The van der Waals surface area contributed by atoms with Gasteiger partial charge in [0, 0.05) is 19.1 Å². The van der Waals surface area contributed by atoms with Gasteiger partial charge in [-0.05, 0) is 33.4 Å². The Bertz CT molecular complexity index is 792. The molecule has 2 rings (SSSR count). The van der Waals surface area contributed by atoms with Crippen LogP contribution in [0.5, 0.6) is 0 Å². The zero-order chi connectivity index (χ0) is 22.0. The Kier molecular flexibility index (Phi) is 7.04. The van der Waals surface area contributed by atoms with Crippen LogP contribution in [0, 0.1) is 0 Å². The van der Waals surface area contributed by atoms with E-state index in [0.717, 1.165) is 23.1 Å². The van der Waals surface area contributed by atoms with E-state index in [0.29, 0.717) is 17.3 Å². The van der Waals surface area contributed by atoms with Gasteiger partial charge in [0.1, 0.15) is 10.6 Å². The number of likely N-dealkylation sites (tertiary alicyclic amines) is 1. The molecule has 3 amide bonds. The van der Waals surface area contributed by atoms with Gasteiger partial charge in [0.05, 0.1) is 0 Å². The summed E-state index contributed by atoms with van der Waals surface area (Å²) in [6.45, 7) is 5.78. The molecule has 0 radical (unpaired) electrons. The van der Waals surface area contributed by atoms with Crippen molar-refractivity contribution in [2.45, 2.75) is 49.4 Å². The lowest BCUT2D eigenvalue weighted by molar-refractivity contribution is -0.167. The molecule has 1 aliphatic heterocycles. The molecule has 29 heavy (non-hydrogen) atoms. The van der Waals surface area contributed by atoms with Gasteiger partial charge in [-0.2, -0.15) is 13.2 Å². The second-order valence-corrected chi connectivity index (χ2v) is 9.25. The largest absolute Gasteiger partial charge is 0.471 e. The standard InChI is InChI=1S/C16H21F3N4O4S2/c1-15(2,3)27-14(26)23-6-5-8(7-23)20-10(24)9-11(29-13(21-9)28-4)22-12(25)16(17,18)19/h8H,5-7H2,1-4H3,(H,20,24)(H,22,25). The molecule has 0 aromatic carbocycles. The molecule has 162 valence electrons. The normalized spacial score (nSPS) is 17.2. The third kappa shape index (κ3) is 6.49. The van der Waals surface area contributed by atoms with E-state index in [9.17, 15) is 27.6 Å². The zero-order valence-electron chi connectivity index (χ0n) is 16.2. The zero-order valence-corrected chi connectivity index (χ0v) is 17.8. The van der Waals surface area contributed by atoms with Crippen molar-refractivity contribution in [3.05, 3.63) is 5.69 Å². The molecule has 1 aromatic heterocycles. The Hall–Kier alpha value is -2.02. The van der Waals surface area contributed by atoms with Gasteiger partial charge in [0.25, 0.3) is 5.91 Å². The number of nitrogens with zero attached hydrogens (tertiary/aromatic N) is 2. The number of nitrogens with one attached hydrogen (secondary N) is 2. The van der Waals surface area contributed by atoms with Crippen LogP contribution >= 0.6 is 23.1 Å². The van der Waals surface area contributed by atoms with Gasteiger partial charge in [-0.1, -0.05) is 23.1 Å². The van der Waals surface area contributed by atoms with E-state index in [1.54, 1.807) is 32.3 Å². The Morgan fingerprint density at radius 2 is 1.93 bits per heavy atom. The van der Waals surface area contributed by atoms with Crippen LogP contribution < -0.4 is 10.6 Å². The molecule has 0 spiro atoms. The average molecular weight is 454 g/mol. The van der Waals surface area contributed by atoms with Crippen LogP contribution in [0.3, 0.4) is 0 Å². The summed E-state index contributed by atoms with van der Waals surface area (Å²) in [5, 5.41) is 4.06. The Morgan fingerprint density at radius 3 is 2.48 bits per heavy atom. The van der Waals surface area contributed by atoms with Crippen LogP contribution in [0.25, 0.3) is 0 Å². The van der Waals surface area contributed by atoms with Crippen molar-refractivity contribution in [3.63, 3.8) is 0 Å². The molecular formula is C16H21F3N4O4S2. The highest BCUT2D eigenvalue weighted by Crippen LogP contribution is 2.32. The number of aromatic nitrogens is 1. The molecule has 13 heteroatoms. The number of thiazole rings is 1. The van der Waals surface area contributed by atoms with Crippen molar-refractivity contribution >= 4 is 46.0 Å². The number of carbonyl (C=O) groups is 3. The molecular weight excluding hydrogens is 433 g/mol. The lowest BCUT2D eigenvalue weighted by atomic mass is 10.2. The molecule has 1 fully saturated rings. The summed E-state index contributed by atoms with van der Waals surface area (Å²) in [5.74, 6) is -2.91. The molecule has 8 nitrogen and oxygen atoms in total. The second-order valence-electron chi connectivity index (χ2n) is 7.20. The summed E-state index contributed by atoms with van der Waals surface area (Å²) < 4.78 is 43.2. The minimum absolute atomic E-state index is 0.199. The number of hydrogen-bond acceptors (Lipinski definition) is 7. The highest BCUT2D eigenvalue weighted by Gasteiger charge is 2.40. The summed E-state index contributed by atoms with van der Waals surface area (Å²) in [7, 11) is 0. The fourth-order valence-corrected chi connectivity index (χ4v) is 3.88. The first-order valence-electron chi connectivity index (χ1n) is 8.52. The first-order valence-corrected chi connectivity index (χ1v) is 10.6. The van der Waals surface area contributed by atoms with E-state index >= 15 is 0 Å². The van der Waals surface area contributed by atoms with Gasteiger partial charge in [-0.3, -0.25) is 9.59 Å². The highest BCUT2D eigenvalue weighted by molar-refractivity contribution is 8.00. The van der Waals surface area contributed by atoms with E-state index < -0.39 is 35.7 Å². The lowest BCUT2D eigenvalue weighted by Crippen LogP contribution is -2.40. The highest BCUT2D eigenvalue weighted by atomic mass is 32.2. The van der Waals surface area contributed by atoms with Crippen molar-refractivity contribution in [2.24, 2.45) is 0 Å². The van der Waals surface area contributed by atoms with Gasteiger partial charge in [0.15, 0.2) is 10.0 Å². The third-order valence-electron chi connectivity index (χ3n) is 3.66. The summed E-state index contributed by atoms with van der Waals surface area (Å²) in [6, 6.07) is -0.416. The number of anilines is 1. The van der Waals surface area contributed by atoms with Crippen LogP contribution in [0.2, 0.25) is 0 Å². The molecule has 0 saturated carbocycles. The van der Waals surface area contributed by atoms with Crippen molar-refractivity contribution in [2.75, 3.05) is 24.7 Å². The SMILES string of the molecule is CSc1nc(C(=O)NC2CCN(C(=O)OC(C)(C)C)C2)c(NC(=O)C(F)(F)F)s1. The predicted molar refractivity (Wildman–Crippen MR) is 102 cm³/mol. The number of alkyl halides is 3. The molecule has 1 unspecified atom stereocenters. The van der Waals surface area contributed by atoms with E-state index in [2.05, 4.69) is 10.3 Å². The number of ether oxygens (including phenoxy) is 1. The van der Waals surface area contributed by atoms with Crippen molar-refractivity contribution < 1.29 is 32.3 Å². The smallest absolute Gasteiger partial charge is 0.444 e. The molecule has 0 bridgehead atoms. The van der Waals surface area contributed by atoms with Crippen molar-refractivity contribution in [1.82, 2.24) is 15.2 Å². The maximum absolute atomic E-state index is 12.5. The third-order valence-corrected chi connectivity index (χ3v) is 5.61. The van der Waals surface area contributed by atoms with Crippen LogP contribution in [-0.4, -0.2) is 65.0 Å². The first kappa shape index (κ1) is 23.3. The minimum atomic E-state index is -5.09. The fourth-order valence-electron chi connectivity index (χ4n) is 2.42. The van der Waals surface area contributed by atoms with Crippen LogP contribution in [0.1, 0.15) is 37.7 Å². The van der Waals surface area contributed by atoms with Crippen LogP contribution in [0.15, 0.2) is 4.34 Å². The maximum Gasteiger partial charge on any atom is 0.471 e. The summed E-state index contributed by atoms with van der Waals surface area (Å²) >= 11 is 1.91. The summed E-state index contributed by atoms with van der Waals surface area (Å²) in [5.41, 5.74) is -0.952. The molecule has 1 aromatic rings. The van der Waals surface area contributed by atoms with Gasteiger partial charge in [-0.15, -0.1) is 0 Å². The predicted octanol–water partition coefficient (Wildman–Crippen LogP) is 3.11. The number of hydrogen-bond donors (Lipinski definition) is 2. The summed E-state index contributed by atoms with van der Waals surface area (Å²) in [4.78, 5) is 41.3. The van der Waals surface area contributed by atoms with Gasteiger partial charge >= 0.3 is 18.2 Å². The molecule has 0 aliphatic carbocycles. The van der Waals surface area contributed by atoms with E-state index in [1.165, 1.54) is 4.90 Å². The number of carbonyl (C=O) groups excluding carboxylic acids is 3. The Labute approximate surface area is 173 Å². The van der Waals surface area contributed by atoms with E-state index in [1.807, 2.05) is 0 Å². The lowest BCUT2D eigenvalue weighted by Gasteiger charge is -2.24. The molecule has 2 heterocycles. The number of rotatable bonds is 4. The number of halogens is 3. The molecule has 2 N–H and O–H groups in total. The van der Waals surface area contributed by atoms with Gasteiger partial charge in [-0.25, -0.2) is 9.78 Å². The molecule has 1 aliphatic rings. The Morgan fingerprint density at radius 1 is 1.28 bits per heavy atom.